The second-order valence-corrected chi connectivity index (χ2v) is 7.62. The normalized spacial score (nSPS) is 15.3. The second-order valence-electron chi connectivity index (χ2n) is 5.65. The van der Waals surface area contributed by atoms with Crippen LogP contribution >= 0.6 is 27.7 Å². The Hall–Kier alpha value is -1.43. The van der Waals surface area contributed by atoms with E-state index in [4.69, 9.17) is 0 Å². The molecule has 0 amide bonds. The summed E-state index contributed by atoms with van der Waals surface area (Å²) in [6, 6.07) is 15.2. The van der Waals surface area contributed by atoms with E-state index in [9.17, 15) is 0 Å². The van der Waals surface area contributed by atoms with Crippen LogP contribution in [0.1, 0.15) is 0 Å². The number of hydrogen-bond donors (Lipinski definition) is 2. The SMILES string of the molecule is Brc1cccc2c(Sc3ccc(N4CCNCC4)cc3)c[nH]c12. The molecule has 1 aromatic heterocycles. The molecule has 0 bridgehead atoms. The molecule has 118 valence electrons. The molecule has 0 radical (unpaired) electrons. The fourth-order valence-corrected chi connectivity index (χ4v) is 4.36. The molecule has 0 atom stereocenters. The summed E-state index contributed by atoms with van der Waals surface area (Å²) in [6.45, 7) is 4.31. The Kier molecular flexibility index (Phi) is 4.33. The van der Waals surface area contributed by atoms with Crippen molar-refractivity contribution in [2.45, 2.75) is 9.79 Å². The molecule has 0 saturated carbocycles. The molecule has 23 heavy (non-hydrogen) atoms. The van der Waals surface area contributed by atoms with Gasteiger partial charge in [-0.3, -0.25) is 0 Å². The third-order valence-electron chi connectivity index (χ3n) is 4.17. The Balaban J connectivity index is 1.55. The highest BCUT2D eigenvalue weighted by Crippen LogP contribution is 2.36. The van der Waals surface area contributed by atoms with Crippen molar-refractivity contribution in [2.75, 3.05) is 31.1 Å². The van der Waals surface area contributed by atoms with Crippen LogP contribution in [0.25, 0.3) is 10.9 Å². The minimum Gasteiger partial charge on any atom is -0.369 e. The van der Waals surface area contributed by atoms with Gasteiger partial charge in [-0.1, -0.05) is 23.9 Å². The molecule has 0 aliphatic carbocycles. The number of nitrogens with one attached hydrogen (secondary N) is 2. The van der Waals surface area contributed by atoms with E-state index in [2.05, 4.69) is 79.8 Å². The molecule has 1 aliphatic rings. The molecular weight excluding hydrogens is 370 g/mol. The van der Waals surface area contributed by atoms with E-state index in [-0.39, 0.29) is 0 Å². The number of benzene rings is 2. The summed E-state index contributed by atoms with van der Waals surface area (Å²) in [5.41, 5.74) is 2.48. The highest BCUT2D eigenvalue weighted by molar-refractivity contribution is 9.10. The summed E-state index contributed by atoms with van der Waals surface area (Å²) in [5, 5.41) is 4.65. The van der Waals surface area contributed by atoms with Gasteiger partial charge < -0.3 is 15.2 Å². The van der Waals surface area contributed by atoms with E-state index in [1.807, 2.05) is 0 Å². The largest absolute Gasteiger partial charge is 0.369 e. The van der Waals surface area contributed by atoms with Gasteiger partial charge in [-0.25, -0.2) is 0 Å². The first-order chi connectivity index (χ1) is 11.3. The first-order valence-corrected chi connectivity index (χ1v) is 9.41. The number of fused-ring (bicyclic) bond motifs is 1. The molecule has 3 aromatic rings. The Bertz CT molecular complexity index is 807. The lowest BCUT2D eigenvalue weighted by Gasteiger charge is -2.29. The van der Waals surface area contributed by atoms with Gasteiger partial charge in [0.1, 0.15) is 0 Å². The maximum atomic E-state index is 3.60. The second kappa shape index (κ2) is 6.59. The predicted octanol–water partition coefficient (Wildman–Crippen LogP) is 4.49. The summed E-state index contributed by atoms with van der Waals surface area (Å²) in [4.78, 5) is 8.32. The molecule has 5 heteroatoms. The molecule has 3 nitrogen and oxygen atoms in total. The Labute approximate surface area is 148 Å². The number of piperazine rings is 1. The van der Waals surface area contributed by atoms with Gasteiger partial charge in [0.05, 0.1) is 5.52 Å². The minimum atomic E-state index is 1.07. The van der Waals surface area contributed by atoms with E-state index < -0.39 is 0 Å². The fraction of sp³-hybridized carbons (Fsp3) is 0.222. The van der Waals surface area contributed by atoms with Crippen molar-refractivity contribution in [1.29, 1.82) is 0 Å². The van der Waals surface area contributed by atoms with Crippen molar-refractivity contribution in [3.05, 3.63) is 53.1 Å². The molecule has 1 saturated heterocycles. The molecule has 2 aromatic carbocycles. The van der Waals surface area contributed by atoms with Gasteiger partial charge in [0.2, 0.25) is 0 Å². The van der Waals surface area contributed by atoms with E-state index in [0.29, 0.717) is 0 Å². The van der Waals surface area contributed by atoms with Gasteiger partial charge in [-0.2, -0.15) is 0 Å². The number of rotatable bonds is 3. The zero-order chi connectivity index (χ0) is 15.6. The lowest BCUT2D eigenvalue weighted by Crippen LogP contribution is -2.43. The molecule has 2 heterocycles. The smallest absolute Gasteiger partial charge is 0.0610 e. The number of aromatic amines is 1. The van der Waals surface area contributed by atoms with Crippen molar-refractivity contribution in [3.63, 3.8) is 0 Å². The molecule has 1 fully saturated rings. The van der Waals surface area contributed by atoms with Crippen LogP contribution < -0.4 is 10.2 Å². The van der Waals surface area contributed by atoms with Crippen molar-refractivity contribution in [1.82, 2.24) is 10.3 Å². The van der Waals surface area contributed by atoms with Gasteiger partial charge >= 0.3 is 0 Å². The average Bonchev–Trinajstić information content (AvgIpc) is 3.01. The van der Waals surface area contributed by atoms with Crippen LogP contribution in [0.4, 0.5) is 5.69 Å². The number of aromatic nitrogens is 1. The number of H-pyrrole nitrogens is 1. The van der Waals surface area contributed by atoms with Crippen molar-refractivity contribution in [2.24, 2.45) is 0 Å². The number of nitrogens with zero attached hydrogens (tertiary/aromatic N) is 1. The van der Waals surface area contributed by atoms with Crippen LogP contribution in [0, 0.1) is 0 Å². The number of hydrogen-bond acceptors (Lipinski definition) is 3. The minimum absolute atomic E-state index is 1.07. The van der Waals surface area contributed by atoms with E-state index in [1.165, 1.54) is 20.9 Å². The Morgan fingerprint density at radius 2 is 1.78 bits per heavy atom. The molecule has 2 N–H and O–H groups in total. The van der Waals surface area contributed by atoms with Crippen molar-refractivity contribution in [3.8, 4) is 0 Å². The van der Waals surface area contributed by atoms with E-state index in [1.54, 1.807) is 11.8 Å². The fourth-order valence-electron chi connectivity index (χ4n) is 2.95. The van der Waals surface area contributed by atoms with Crippen LogP contribution in [0.5, 0.6) is 0 Å². The Morgan fingerprint density at radius 1 is 1.00 bits per heavy atom. The molecule has 4 rings (SSSR count). The quantitative estimate of drug-likeness (QED) is 0.693. The summed E-state index contributed by atoms with van der Waals surface area (Å²) < 4.78 is 1.11. The van der Waals surface area contributed by atoms with Crippen molar-refractivity contribution < 1.29 is 0 Å². The summed E-state index contributed by atoms with van der Waals surface area (Å²) in [6.07, 6.45) is 2.09. The molecule has 1 aliphatic heterocycles. The van der Waals surface area contributed by atoms with Crippen LogP contribution in [0.15, 0.2) is 62.9 Å². The summed E-state index contributed by atoms with van der Waals surface area (Å²) in [7, 11) is 0. The zero-order valence-electron chi connectivity index (χ0n) is 12.7. The number of halogens is 1. The summed E-state index contributed by atoms with van der Waals surface area (Å²) in [5.74, 6) is 0. The van der Waals surface area contributed by atoms with Gasteiger partial charge in [-0.05, 0) is 46.3 Å². The lowest BCUT2D eigenvalue weighted by molar-refractivity contribution is 0.589. The molecule has 0 unspecified atom stereocenters. The standard InChI is InChI=1S/C18H18BrN3S/c19-16-3-1-2-15-17(12-21-18(15)16)23-14-6-4-13(5-7-14)22-10-8-20-9-11-22/h1-7,12,20-21H,8-11H2. The monoisotopic (exact) mass is 387 g/mol. The summed E-state index contributed by atoms with van der Waals surface area (Å²) >= 11 is 5.40. The zero-order valence-corrected chi connectivity index (χ0v) is 15.1. The Morgan fingerprint density at radius 3 is 2.57 bits per heavy atom. The third kappa shape index (κ3) is 3.13. The van der Waals surface area contributed by atoms with Crippen LogP contribution in [-0.2, 0) is 0 Å². The number of para-hydroxylation sites is 1. The van der Waals surface area contributed by atoms with Gasteiger partial charge in [0.25, 0.3) is 0 Å². The van der Waals surface area contributed by atoms with E-state index in [0.717, 1.165) is 36.2 Å². The maximum absolute atomic E-state index is 3.60. The van der Waals surface area contributed by atoms with Crippen molar-refractivity contribution >= 4 is 44.3 Å². The van der Waals surface area contributed by atoms with Gasteiger partial charge in [-0.15, -0.1) is 0 Å². The maximum Gasteiger partial charge on any atom is 0.0610 e. The van der Waals surface area contributed by atoms with Gasteiger partial charge in [0.15, 0.2) is 0 Å². The average molecular weight is 388 g/mol. The molecule has 0 spiro atoms. The molecular formula is C18H18BrN3S. The van der Waals surface area contributed by atoms with Crippen LogP contribution in [-0.4, -0.2) is 31.2 Å². The van der Waals surface area contributed by atoms with E-state index >= 15 is 0 Å². The highest BCUT2D eigenvalue weighted by atomic mass is 79.9. The first-order valence-electron chi connectivity index (χ1n) is 7.80. The number of anilines is 1. The highest BCUT2D eigenvalue weighted by Gasteiger charge is 2.11. The third-order valence-corrected chi connectivity index (χ3v) is 5.90. The van der Waals surface area contributed by atoms with Gasteiger partial charge in [0, 0.05) is 57.7 Å². The first kappa shape index (κ1) is 15.1. The predicted molar refractivity (Wildman–Crippen MR) is 102 cm³/mol. The van der Waals surface area contributed by atoms with Crippen LogP contribution in [0.3, 0.4) is 0 Å². The lowest BCUT2D eigenvalue weighted by atomic mass is 10.2. The van der Waals surface area contributed by atoms with Crippen LogP contribution in [0.2, 0.25) is 0 Å². The topological polar surface area (TPSA) is 31.1 Å².